The molecule has 7 heteroatoms. The van der Waals surface area contributed by atoms with Gasteiger partial charge in [0.05, 0.1) is 29.3 Å². The highest BCUT2D eigenvalue weighted by Gasteiger charge is 2.41. The molecule has 3 saturated heterocycles. The summed E-state index contributed by atoms with van der Waals surface area (Å²) in [5, 5.41) is 3.32. The largest absolute Gasteiger partial charge is 0.349 e. The fourth-order valence-electron chi connectivity index (χ4n) is 6.58. The standard InChI is InChI=1S/C29H35N5O2/c1-20(35)32-17-22(18-32)29(36)31-26(21-7-3-2-4-8-21)13-14-33-23-11-12-24(33)16-25(15-23)34-19-30-27-9-5-6-10-28(27)34/h2-10,19,22-26H,11-18H2,1H3,(H,31,36)/t23-,24+,25-,26-/m0/s1. The van der Waals surface area contributed by atoms with E-state index < -0.39 is 0 Å². The Morgan fingerprint density at radius 2 is 1.67 bits per heavy atom. The van der Waals surface area contributed by atoms with Crippen molar-refractivity contribution in [3.8, 4) is 0 Å². The summed E-state index contributed by atoms with van der Waals surface area (Å²) in [6, 6.07) is 20.4. The number of nitrogens with zero attached hydrogens (tertiary/aromatic N) is 4. The lowest BCUT2D eigenvalue weighted by molar-refractivity contribution is -0.141. The summed E-state index contributed by atoms with van der Waals surface area (Å²) in [5.41, 5.74) is 3.47. The van der Waals surface area contributed by atoms with E-state index in [1.807, 2.05) is 24.5 Å². The molecule has 36 heavy (non-hydrogen) atoms. The summed E-state index contributed by atoms with van der Waals surface area (Å²) in [4.78, 5) is 33.6. The molecule has 6 rings (SSSR count). The van der Waals surface area contributed by atoms with Crippen LogP contribution in [0, 0.1) is 5.92 Å². The first-order valence-electron chi connectivity index (χ1n) is 13.3. The number of aromatic nitrogens is 2. The molecule has 0 unspecified atom stereocenters. The number of hydrogen-bond acceptors (Lipinski definition) is 4. The van der Waals surface area contributed by atoms with E-state index in [1.165, 1.54) is 18.4 Å². The van der Waals surface area contributed by atoms with Crippen LogP contribution in [-0.2, 0) is 9.59 Å². The number of carbonyl (C=O) groups excluding carboxylic acids is 2. The van der Waals surface area contributed by atoms with Crippen LogP contribution in [0.25, 0.3) is 11.0 Å². The van der Waals surface area contributed by atoms with Crippen molar-refractivity contribution in [1.29, 1.82) is 0 Å². The van der Waals surface area contributed by atoms with E-state index in [1.54, 1.807) is 11.8 Å². The first kappa shape index (κ1) is 23.2. The second kappa shape index (κ2) is 9.69. The van der Waals surface area contributed by atoms with E-state index in [0.717, 1.165) is 36.9 Å². The lowest BCUT2D eigenvalue weighted by Crippen LogP contribution is -2.55. The van der Waals surface area contributed by atoms with Gasteiger partial charge in [0.1, 0.15) is 0 Å². The van der Waals surface area contributed by atoms with Crippen molar-refractivity contribution in [1.82, 2.24) is 24.7 Å². The number of amides is 2. The first-order valence-corrected chi connectivity index (χ1v) is 13.3. The number of rotatable bonds is 7. The molecule has 7 nitrogen and oxygen atoms in total. The van der Waals surface area contributed by atoms with Gasteiger partial charge in [-0.25, -0.2) is 4.98 Å². The van der Waals surface area contributed by atoms with E-state index in [9.17, 15) is 9.59 Å². The SMILES string of the molecule is CC(=O)N1CC(C(=O)N[C@@H](CCN2[C@@H]3CC[C@H]2C[C@H](n2cnc4ccccc42)C3)c2ccccc2)C1. The predicted molar refractivity (Wildman–Crippen MR) is 139 cm³/mol. The zero-order chi connectivity index (χ0) is 24.6. The molecule has 4 atom stereocenters. The monoisotopic (exact) mass is 485 g/mol. The van der Waals surface area contributed by atoms with Gasteiger partial charge in [0, 0.05) is 44.7 Å². The highest BCUT2D eigenvalue weighted by Crippen LogP contribution is 2.42. The zero-order valence-corrected chi connectivity index (χ0v) is 20.9. The molecule has 2 bridgehead atoms. The minimum Gasteiger partial charge on any atom is -0.349 e. The van der Waals surface area contributed by atoms with Crippen LogP contribution in [-0.4, -0.2) is 62.9 Å². The Kier molecular flexibility index (Phi) is 6.25. The molecule has 3 aromatic rings. The summed E-state index contributed by atoms with van der Waals surface area (Å²) < 4.78 is 2.40. The third-order valence-corrected chi connectivity index (χ3v) is 8.63. The summed E-state index contributed by atoms with van der Waals surface area (Å²) >= 11 is 0. The lowest BCUT2D eigenvalue weighted by Gasteiger charge is -2.41. The van der Waals surface area contributed by atoms with Gasteiger partial charge in [-0.2, -0.15) is 0 Å². The zero-order valence-electron chi connectivity index (χ0n) is 20.9. The average molecular weight is 486 g/mol. The molecule has 4 heterocycles. The number of fused-ring (bicyclic) bond motifs is 3. The van der Waals surface area contributed by atoms with Gasteiger partial charge in [0.2, 0.25) is 11.8 Å². The number of para-hydroxylation sites is 2. The van der Waals surface area contributed by atoms with Crippen molar-refractivity contribution in [3.63, 3.8) is 0 Å². The van der Waals surface area contributed by atoms with E-state index in [-0.39, 0.29) is 23.8 Å². The molecule has 3 aliphatic heterocycles. The third kappa shape index (κ3) is 4.41. The van der Waals surface area contributed by atoms with E-state index in [0.29, 0.717) is 31.2 Å². The second-order valence-corrected chi connectivity index (χ2v) is 10.8. The van der Waals surface area contributed by atoms with E-state index in [2.05, 4.69) is 56.2 Å². The third-order valence-electron chi connectivity index (χ3n) is 8.63. The van der Waals surface area contributed by atoms with Crippen LogP contribution in [0.5, 0.6) is 0 Å². The topological polar surface area (TPSA) is 70.5 Å². The Morgan fingerprint density at radius 1 is 0.972 bits per heavy atom. The Balaban J connectivity index is 1.11. The molecular weight excluding hydrogens is 450 g/mol. The summed E-state index contributed by atoms with van der Waals surface area (Å²) in [7, 11) is 0. The maximum Gasteiger partial charge on any atom is 0.227 e. The molecule has 3 aliphatic rings. The van der Waals surface area contributed by atoms with Crippen LogP contribution in [0.1, 0.15) is 56.7 Å². The molecule has 2 aromatic carbocycles. The molecule has 0 spiro atoms. The first-order chi connectivity index (χ1) is 17.6. The highest BCUT2D eigenvalue weighted by molar-refractivity contribution is 5.84. The molecule has 188 valence electrons. The molecule has 0 saturated carbocycles. The Hall–Kier alpha value is -3.19. The van der Waals surface area contributed by atoms with Crippen LogP contribution in [0.3, 0.4) is 0 Å². The lowest BCUT2D eigenvalue weighted by atomic mass is 9.94. The summed E-state index contributed by atoms with van der Waals surface area (Å²) in [6.07, 6.45) is 7.73. The van der Waals surface area contributed by atoms with Gasteiger partial charge in [-0.05, 0) is 49.8 Å². The normalized spacial score (nSPS) is 25.0. The molecule has 1 aromatic heterocycles. The van der Waals surface area contributed by atoms with Crippen molar-refractivity contribution in [3.05, 3.63) is 66.5 Å². The minimum absolute atomic E-state index is 0.0141. The summed E-state index contributed by atoms with van der Waals surface area (Å²) in [6.45, 7) is 3.61. The van der Waals surface area contributed by atoms with Crippen molar-refractivity contribution in [2.75, 3.05) is 19.6 Å². The Labute approximate surface area is 212 Å². The molecule has 0 aliphatic carbocycles. The van der Waals surface area contributed by atoms with E-state index in [4.69, 9.17) is 0 Å². The van der Waals surface area contributed by atoms with Crippen LogP contribution in [0.4, 0.5) is 0 Å². The van der Waals surface area contributed by atoms with Crippen LogP contribution in [0.2, 0.25) is 0 Å². The van der Waals surface area contributed by atoms with Crippen molar-refractivity contribution < 1.29 is 9.59 Å². The smallest absolute Gasteiger partial charge is 0.227 e. The number of benzene rings is 2. The van der Waals surface area contributed by atoms with Gasteiger partial charge in [-0.1, -0.05) is 42.5 Å². The molecule has 2 amide bonds. The summed E-state index contributed by atoms with van der Waals surface area (Å²) in [5.74, 6) is 0.00767. The van der Waals surface area contributed by atoms with Crippen molar-refractivity contribution in [2.45, 2.75) is 63.2 Å². The van der Waals surface area contributed by atoms with Gasteiger partial charge in [0.15, 0.2) is 0 Å². The van der Waals surface area contributed by atoms with Crippen molar-refractivity contribution >= 4 is 22.8 Å². The number of likely N-dealkylation sites (tertiary alicyclic amines) is 1. The van der Waals surface area contributed by atoms with Crippen molar-refractivity contribution in [2.24, 2.45) is 5.92 Å². The number of imidazole rings is 1. The minimum atomic E-state index is -0.1000. The predicted octanol–water partition coefficient (Wildman–Crippen LogP) is 3.93. The maximum absolute atomic E-state index is 13.0. The molecule has 3 fully saturated rings. The number of nitrogens with one attached hydrogen (secondary N) is 1. The number of carbonyl (C=O) groups is 2. The quantitative estimate of drug-likeness (QED) is 0.551. The number of hydrogen-bond donors (Lipinski definition) is 1. The second-order valence-electron chi connectivity index (χ2n) is 10.8. The highest BCUT2D eigenvalue weighted by atomic mass is 16.2. The molecular formula is C29H35N5O2. The van der Waals surface area contributed by atoms with Gasteiger partial charge in [0.25, 0.3) is 0 Å². The Morgan fingerprint density at radius 3 is 2.39 bits per heavy atom. The fraction of sp³-hybridized carbons (Fsp3) is 0.483. The fourth-order valence-corrected chi connectivity index (χ4v) is 6.58. The molecule has 1 N–H and O–H groups in total. The average Bonchev–Trinajstić information content (AvgIpc) is 3.38. The van der Waals surface area contributed by atoms with Crippen LogP contribution < -0.4 is 5.32 Å². The Bertz CT molecular complexity index is 1220. The van der Waals surface area contributed by atoms with E-state index >= 15 is 0 Å². The van der Waals surface area contributed by atoms with Crippen LogP contribution >= 0.6 is 0 Å². The van der Waals surface area contributed by atoms with Gasteiger partial charge >= 0.3 is 0 Å². The maximum atomic E-state index is 13.0. The van der Waals surface area contributed by atoms with Gasteiger partial charge < -0.3 is 14.8 Å². The van der Waals surface area contributed by atoms with Gasteiger partial charge in [-0.15, -0.1) is 0 Å². The van der Waals surface area contributed by atoms with Gasteiger partial charge in [-0.3, -0.25) is 14.5 Å². The molecule has 0 radical (unpaired) electrons. The number of piperidine rings is 1. The van der Waals surface area contributed by atoms with Crippen LogP contribution in [0.15, 0.2) is 60.9 Å².